The molecule has 1 aromatic heterocycles. The Morgan fingerprint density at radius 2 is 1.47 bits per heavy atom. The minimum Gasteiger partial charge on any atom is -0.322 e. The molecule has 0 aliphatic carbocycles. The summed E-state index contributed by atoms with van der Waals surface area (Å²) >= 11 is 1.37. The van der Waals surface area contributed by atoms with Gasteiger partial charge in [-0.1, -0.05) is 72.9 Å². The van der Waals surface area contributed by atoms with Gasteiger partial charge >= 0.3 is 0 Å². The van der Waals surface area contributed by atoms with Crippen LogP contribution in [0.5, 0.6) is 0 Å². The first-order chi connectivity index (χ1) is 15.6. The van der Waals surface area contributed by atoms with E-state index in [0.29, 0.717) is 27.9 Å². The molecule has 0 spiro atoms. The Hall–Kier alpha value is -3.84. The molecule has 1 heterocycles. The summed E-state index contributed by atoms with van der Waals surface area (Å²) in [7, 11) is 0. The van der Waals surface area contributed by atoms with Crippen LogP contribution in [0.3, 0.4) is 0 Å². The molecule has 0 fully saturated rings. The van der Waals surface area contributed by atoms with Crippen molar-refractivity contribution in [2.24, 2.45) is 0 Å². The molecule has 6 nitrogen and oxygen atoms in total. The van der Waals surface area contributed by atoms with E-state index in [2.05, 4.69) is 39.9 Å². The molecule has 32 heavy (non-hydrogen) atoms. The van der Waals surface area contributed by atoms with Crippen LogP contribution in [0.2, 0.25) is 0 Å². The van der Waals surface area contributed by atoms with Crippen molar-refractivity contribution in [2.75, 3.05) is 10.6 Å². The number of hydrogen-bond donors (Lipinski definition) is 2. The average molecular weight is 443 g/mol. The summed E-state index contributed by atoms with van der Waals surface area (Å²) in [6.07, 6.45) is 0.749. The number of amides is 2. The average Bonchev–Trinajstić information content (AvgIpc) is 3.27. The molecule has 4 aromatic rings. The Morgan fingerprint density at radius 1 is 0.812 bits per heavy atom. The van der Waals surface area contributed by atoms with Gasteiger partial charge in [-0.15, -0.1) is 10.2 Å². The first-order valence-electron chi connectivity index (χ1n) is 10.2. The Kier molecular flexibility index (Phi) is 6.67. The molecule has 0 aliphatic rings. The van der Waals surface area contributed by atoms with E-state index in [1.165, 1.54) is 16.9 Å². The fraction of sp³-hybridized carbons (Fsp3) is 0.120. The number of nitrogens with one attached hydrogen (secondary N) is 2. The molecule has 0 bridgehead atoms. The number of rotatable bonds is 7. The number of carbonyl (C=O) groups is 2. The molecule has 7 heteroatoms. The monoisotopic (exact) mass is 442 g/mol. The van der Waals surface area contributed by atoms with Gasteiger partial charge in [-0.05, 0) is 41.8 Å². The summed E-state index contributed by atoms with van der Waals surface area (Å²) in [5, 5.41) is 15.2. The number of aromatic nitrogens is 2. The van der Waals surface area contributed by atoms with Crippen molar-refractivity contribution in [1.29, 1.82) is 0 Å². The van der Waals surface area contributed by atoms with Crippen molar-refractivity contribution < 1.29 is 9.59 Å². The third-order valence-electron chi connectivity index (χ3n) is 4.96. The van der Waals surface area contributed by atoms with E-state index in [9.17, 15) is 9.59 Å². The lowest BCUT2D eigenvalue weighted by Crippen LogP contribution is -2.14. The van der Waals surface area contributed by atoms with Crippen molar-refractivity contribution >= 4 is 34.0 Å². The summed E-state index contributed by atoms with van der Waals surface area (Å²) < 4.78 is 0. The van der Waals surface area contributed by atoms with Gasteiger partial charge in [-0.25, -0.2) is 0 Å². The SMILES string of the molecule is C[C@@H](Cc1nnc(NC(=O)c2cccc(NC(=O)c3ccccc3)c2)s1)c1ccccc1. The van der Waals surface area contributed by atoms with Crippen LogP contribution in [0.15, 0.2) is 84.9 Å². The molecule has 3 aromatic carbocycles. The quantitative estimate of drug-likeness (QED) is 0.402. The first kappa shape index (κ1) is 21.4. The summed E-state index contributed by atoms with van der Waals surface area (Å²) in [6.45, 7) is 2.14. The number of benzene rings is 3. The van der Waals surface area contributed by atoms with E-state index >= 15 is 0 Å². The van der Waals surface area contributed by atoms with E-state index in [1.54, 1.807) is 48.5 Å². The highest BCUT2D eigenvalue weighted by Crippen LogP contribution is 2.24. The molecule has 0 unspecified atom stereocenters. The van der Waals surface area contributed by atoms with E-state index < -0.39 is 0 Å². The third kappa shape index (κ3) is 5.44. The van der Waals surface area contributed by atoms with Crippen LogP contribution < -0.4 is 10.6 Å². The highest BCUT2D eigenvalue weighted by Gasteiger charge is 2.14. The van der Waals surface area contributed by atoms with Crippen molar-refractivity contribution in [3.8, 4) is 0 Å². The van der Waals surface area contributed by atoms with E-state index in [0.717, 1.165) is 11.4 Å². The van der Waals surface area contributed by atoms with Gasteiger partial charge in [0, 0.05) is 23.2 Å². The van der Waals surface area contributed by atoms with Crippen LogP contribution in [-0.4, -0.2) is 22.0 Å². The van der Waals surface area contributed by atoms with Crippen LogP contribution in [-0.2, 0) is 6.42 Å². The van der Waals surface area contributed by atoms with Crippen LogP contribution in [0.4, 0.5) is 10.8 Å². The lowest BCUT2D eigenvalue weighted by molar-refractivity contribution is 0.101. The molecule has 0 aliphatic heterocycles. The zero-order valence-electron chi connectivity index (χ0n) is 17.5. The second-order valence-electron chi connectivity index (χ2n) is 7.37. The van der Waals surface area contributed by atoms with Crippen molar-refractivity contribution in [2.45, 2.75) is 19.3 Å². The van der Waals surface area contributed by atoms with Crippen LogP contribution in [0, 0.1) is 0 Å². The maximum atomic E-state index is 12.7. The molecule has 160 valence electrons. The normalized spacial score (nSPS) is 11.5. The largest absolute Gasteiger partial charge is 0.322 e. The fourth-order valence-electron chi connectivity index (χ4n) is 3.25. The second-order valence-corrected chi connectivity index (χ2v) is 8.43. The number of carbonyl (C=O) groups excluding carboxylic acids is 2. The zero-order valence-corrected chi connectivity index (χ0v) is 18.3. The van der Waals surface area contributed by atoms with Crippen LogP contribution >= 0.6 is 11.3 Å². The maximum absolute atomic E-state index is 12.7. The first-order valence-corrected chi connectivity index (χ1v) is 11.1. The Balaban J connectivity index is 1.38. The van der Waals surface area contributed by atoms with Crippen LogP contribution in [0.1, 0.15) is 44.1 Å². The zero-order chi connectivity index (χ0) is 22.3. The van der Waals surface area contributed by atoms with Gasteiger partial charge < -0.3 is 5.32 Å². The summed E-state index contributed by atoms with van der Waals surface area (Å²) in [4.78, 5) is 25.0. The van der Waals surface area contributed by atoms with Crippen molar-refractivity contribution in [3.05, 3.63) is 107 Å². The van der Waals surface area contributed by atoms with Crippen molar-refractivity contribution in [1.82, 2.24) is 10.2 Å². The molecule has 0 saturated heterocycles. The topological polar surface area (TPSA) is 84.0 Å². The Bertz CT molecular complexity index is 1210. The van der Waals surface area contributed by atoms with E-state index in [1.807, 2.05) is 24.3 Å². The Morgan fingerprint density at radius 3 is 2.22 bits per heavy atom. The highest BCUT2D eigenvalue weighted by atomic mass is 32.1. The van der Waals surface area contributed by atoms with E-state index in [4.69, 9.17) is 0 Å². The maximum Gasteiger partial charge on any atom is 0.257 e. The van der Waals surface area contributed by atoms with Gasteiger partial charge in [0.15, 0.2) is 0 Å². The number of nitrogens with zero attached hydrogens (tertiary/aromatic N) is 2. The summed E-state index contributed by atoms with van der Waals surface area (Å²) in [6, 6.07) is 25.9. The molecule has 0 radical (unpaired) electrons. The smallest absolute Gasteiger partial charge is 0.257 e. The predicted octanol–water partition coefficient (Wildman–Crippen LogP) is 5.39. The number of hydrogen-bond acceptors (Lipinski definition) is 5. The highest BCUT2D eigenvalue weighted by molar-refractivity contribution is 7.15. The molecule has 2 N–H and O–H groups in total. The van der Waals surface area contributed by atoms with Gasteiger partial charge in [0.05, 0.1) is 0 Å². The van der Waals surface area contributed by atoms with E-state index in [-0.39, 0.29) is 11.8 Å². The van der Waals surface area contributed by atoms with Gasteiger partial charge in [-0.2, -0.15) is 0 Å². The van der Waals surface area contributed by atoms with Gasteiger partial charge in [0.25, 0.3) is 11.8 Å². The summed E-state index contributed by atoms with van der Waals surface area (Å²) in [5.74, 6) is -0.235. The minimum absolute atomic E-state index is 0.232. The van der Waals surface area contributed by atoms with Gasteiger partial charge in [-0.3, -0.25) is 14.9 Å². The third-order valence-corrected chi connectivity index (χ3v) is 5.82. The lowest BCUT2D eigenvalue weighted by Gasteiger charge is -2.08. The van der Waals surface area contributed by atoms with Crippen molar-refractivity contribution in [3.63, 3.8) is 0 Å². The minimum atomic E-state index is -0.306. The molecular weight excluding hydrogens is 420 g/mol. The Labute approximate surface area is 190 Å². The molecule has 2 amide bonds. The lowest BCUT2D eigenvalue weighted by atomic mass is 9.98. The van der Waals surface area contributed by atoms with Crippen LogP contribution in [0.25, 0.3) is 0 Å². The molecule has 1 atom stereocenters. The fourth-order valence-corrected chi connectivity index (χ4v) is 4.11. The molecule has 0 saturated carbocycles. The number of anilines is 2. The summed E-state index contributed by atoms with van der Waals surface area (Å²) in [5.41, 5.74) is 2.75. The van der Waals surface area contributed by atoms with Gasteiger partial charge in [0.2, 0.25) is 5.13 Å². The standard InChI is InChI=1S/C25H22N4O2S/c1-17(18-9-4-2-5-10-18)15-22-28-29-25(32-22)27-24(31)20-13-8-14-21(16-20)26-23(30)19-11-6-3-7-12-19/h2-14,16-17H,15H2,1H3,(H,26,30)(H,27,29,31)/t17-/m0/s1. The molecular formula is C25H22N4O2S. The second kappa shape index (κ2) is 9.98. The molecule has 4 rings (SSSR count). The van der Waals surface area contributed by atoms with Gasteiger partial charge in [0.1, 0.15) is 5.01 Å². The predicted molar refractivity (Wildman–Crippen MR) is 127 cm³/mol.